The van der Waals surface area contributed by atoms with Crippen LogP contribution in [-0.4, -0.2) is 28.8 Å². The van der Waals surface area contributed by atoms with E-state index in [0.717, 1.165) is 17.2 Å². The summed E-state index contributed by atoms with van der Waals surface area (Å²) in [5.74, 6) is 1.27. The van der Waals surface area contributed by atoms with E-state index in [4.69, 9.17) is 0 Å². The molecule has 1 atom stereocenters. The van der Waals surface area contributed by atoms with Crippen molar-refractivity contribution in [2.45, 2.75) is 12.7 Å². The van der Waals surface area contributed by atoms with E-state index in [0.29, 0.717) is 0 Å². The molecule has 1 rings (SSSR count). The molecule has 0 saturated carbocycles. The van der Waals surface area contributed by atoms with Gasteiger partial charge in [-0.25, -0.2) is 0 Å². The third kappa shape index (κ3) is 4.29. The van der Waals surface area contributed by atoms with Crippen LogP contribution < -0.4 is 0 Å². The predicted molar refractivity (Wildman–Crippen MR) is 59.4 cm³/mol. The summed E-state index contributed by atoms with van der Waals surface area (Å²) in [5, 5.41) is 0. The fourth-order valence-electron chi connectivity index (χ4n) is 1.01. The molecule has 0 amide bonds. The number of carbonyl (C=O) groups is 1. The first-order valence-electron chi connectivity index (χ1n) is 4.64. The molecular weight excluding hydrogens is 212 g/mol. The Hall–Kier alpha value is -1.10. The fraction of sp³-hybridized carbons (Fsp3) is 0.500. The second-order valence-electron chi connectivity index (χ2n) is 3.14. The summed E-state index contributed by atoms with van der Waals surface area (Å²) in [5.41, 5.74) is 0.930. The van der Waals surface area contributed by atoms with Crippen LogP contribution in [0.25, 0.3) is 0 Å². The van der Waals surface area contributed by atoms with E-state index in [2.05, 4.69) is 14.7 Å². The maximum absolute atomic E-state index is 11.1. The van der Waals surface area contributed by atoms with Gasteiger partial charge >= 0.3 is 5.97 Å². The van der Waals surface area contributed by atoms with Gasteiger partial charge in [-0.15, -0.1) is 0 Å². The van der Waals surface area contributed by atoms with Crippen molar-refractivity contribution in [1.82, 2.24) is 9.97 Å². The Balaban J connectivity index is 2.25. The molecule has 82 valence electrons. The lowest BCUT2D eigenvalue weighted by Gasteiger charge is -2.07. The largest absolute Gasteiger partial charge is 0.469 e. The van der Waals surface area contributed by atoms with Crippen molar-refractivity contribution in [2.24, 2.45) is 5.92 Å². The Morgan fingerprint density at radius 1 is 1.60 bits per heavy atom. The SMILES string of the molecule is COC(=O)C(C)CSCc1cnccn1. The normalized spacial score (nSPS) is 12.1. The van der Waals surface area contributed by atoms with Gasteiger partial charge in [0.05, 0.1) is 18.7 Å². The fourth-order valence-corrected chi connectivity index (χ4v) is 1.98. The van der Waals surface area contributed by atoms with Gasteiger partial charge in [-0.3, -0.25) is 14.8 Å². The molecule has 0 fully saturated rings. The van der Waals surface area contributed by atoms with Crippen LogP contribution in [-0.2, 0) is 15.3 Å². The molecule has 1 aromatic heterocycles. The smallest absolute Gasteiger partial charge is 0.309 e. The molecule has 0 aliphatic rings. The van der Waals surface area contributed by atoms with E-state index in [-0.39, 0.29) is 11.9 Å². The van der Waals surface area contributed by atoms with Gasteiger partial charge in [-0.05, 0) is 0 Å². The third-order valence-electron chi connectivity index (χ3n) is 1.84. The topological polar surface area (TPSA) is 52.1 Å². The van der Waals surface area contributed by atoms with Crippen LogP contribution in [0.5, 0.6) is 0 Å². The summed E-state index contributed by atoms with van der Waals surface area (Å²) in [6, 6.07) is 0. The summed E-state index contributed by atoms with van der Waals surface area (Å²) in [6.45, 7) is 1.86. The minimum Gasteiger partial charge on any atom is -0.469 e. The summed E-state index contributed by atoms with van der Waals surface area (Å²) in [6.07, 6.45) is 5.04. The van der Waals surface area contributed by atoms with Crippen LogP contribution in [0.2, 0.25) is 0 Å². The van der Waals surface area contributed by atoms with Crippen molar-refractivity contribution < 1.29 is 9.53 Å². The van der Waals surface area contributed by atoms with Crippen LogP contribution in [0.3, 0.4) is 0 Å². The number of rotatable bonds is 5. The lowest BCUT2D eigenvalue weighted by molar-refractivity contribution is -0.143. The zero-order valence-corrected chi connectivity index (χ0v) is 9.66. The zero-order valence-electron chi connectivity index (χ0n) is 8.84. The van der Waals surface area contributed by atoms with Gasteiger partial charge in [-0.2, -0.15) is 11.8 Å². The van der Waals surface area contributed by atoms with Gasteiger partial charge in [0.15, 0.2) is 0 Å². The molecule has 1 heterocycles. The van der Waals surface area contributed by atoms with Crippen molar-refractivity contribution in [3.8, 4) is 0 Å². The van der Waals surface area contributed by atoms with Crippen LogP contribution in [0.4, 0.5) is 0 Å². The molecule has 1 aromatic rings. The van der Waals surface area contributed by atoms with Gasteiger partial charge in [0, 0.05) is 30.1 Å². The summed E-state index contributed by atoms with van der Waals surface area (Å²) >= 11 is 1.65. The monoisotopic (exact) mass is 226 g/mol. The molecule has 15 heavy (non-hydrogen) atoms. The highest BCUT2D eigenvalue weighted by molar-refractivity contribution is 7.98. The number of hydrogen-bond acceptors (Lipinski definition) is 5. The van der Waals surface area contributed by atoms with Crippen molar-refractivity contribution >= 4 is 17.7 Å². The minimum atomic E-state index is -0.165. The van der Waals surface area contributed by atoms with Crippen molar-refractivity contribution in [3.05, 3.63) is 24.3 Å². The van der Waals surface area contributed by atoms with Crippen LogP contribution in [0, 0.1) is 5.92 Å². The van der Waals surface area contributed by atoms with E-state index in [1.165, 1.54) is 7.11 Å². The van der Waals surface area contributed by atoms with Gasteiger partial charge in [0.25, 0.3) is 0 Å². The lowest BCUT2D eigenvalue weighted by Crippen LogP contribution is -2.14. The molecule has 1 unspecified atom stereocenters. The maximum atomic E-state index is 11.1. The van der Waals surface area contributed by atoms with Crippen LogP contribution in [0.15, 0.2) is 18.6 Å². The number of nitrogens with zero attached hydrogens (tertiary/aromatic N) is 2. The highest BCUT2D eigenvalue weighted by Crippen LogP contribution is 2.14. The first-order chi connectivity index (χ1) is 7.24. The number of hydrogen-bond donors (Lipinski definition) is 0. The third-order valence-corrected chi connectivity index (χ3v) is 3.07. The number of ether oxygens (including phenoxy) is 1. The molecule has 0 bridgehead atoms. The van der Waals surface area contributed by atoms with Crippen molar-refractivity contribution in [3.63, 3.8) is 0 Å². The Bertz CT molecular complexity index is 306. The zero-order chi connectivity index (χ0) is 11.1. The molecule has 0 aromatic carbocycles. The van der Waals surface area contributed by atoms with Crippen LogP contribution in [0.1, 0.15) is 12.6 Å². The van der Waals surface area contributed by atoms with Crippen molar-refractivity contribution in [2.75, 3.05) is 12.9 Å². The quantitative estimate of drug-likeness (QED) is 0.712. The average Bonchev–Trinajstić information content (AvgIpc) is 2.29. The van der Waals surface area contributed by atoms with E-state index in [1.54, 1.807) is 30.4 Å². The molecule has 4 nitrogen and oxygen atoms in total. The highest BCUT2D eigenvalue weighted by atomic mass is 32.2. The average molecular weight is 226 g/mol. The summed E-state index contributed by atoms with van der Waals surface area (Å²) < 4.78 is 4.63. The first kappa shape index (κ1) is 12.0. The maximum Gasteiger partial charge on any atom is 0.309 e. The van der Waals surface area contributed by atoms with Gasteiger partial charge in [-0.1, -0.05) is 6.92 Å². The molecule has 0 aliphatic carbocycles. The molecule has 0 radical (unpaired) electrons. The Morgan fingerprint density at radius 3 is 3.00 bits per heavy atom. The van der Waals surface area contributed by atoms with Gasteiger partial charge < -0.3 is 4.74 Å². The molecule has 0 saturated heterocycles. The number of esters is 1. The van der Waals surface area contributed by atoms with E-state index < -0.39 is 0 Å². The van der Waals surface area contributed by atoms with Crippen LogP contribution >= 0.6 is 11.8 Å². The number of methoxy groups -OCH3 is 1. The molecule has 0 spiro atoms. The lowest BCUT2D eigenvalue weighted by atomic mass is 10.2. The number of carbonyl (C=O) groups excluding carboxylic acids is 1. The summed E-state index contributed by atoms with van der Waals surface area (Å²) in [4.78, 5) is 19.2. The molecule has 0 aliphatic heterocycles. The first-order valence-corrected chi connectivity index (χ1v) is 5.80. The standard InChI is InChI=1S/C10H14N2O2S/c1-8(10(13)14-2)6-15-7-9-5-11-3-4-12-9/h3-5,8H,6-7H2,1-2H3. The Morgan fingerprint density at radius 2 is 2.40 bits per heavy atom. The highest BCUT2D eigenvalue weighted by Gasteiger charge is 2.12. The number of aromatic nitrogens is 2. The van der Waals surface area contributed by atoms with E-state index >= 15 is 0 Å². The van der Waals surface area contributed by atoms with E-state index in [1.807, 2.05) is 6.92 Å². The molecule has 0 N–H and O–H groups in total. The Kier molecular flexibility index (Phi) is 5.10. The molecule has 5 heteroatoms. The van der Waals surface area contributed by atoms with Gasteiger partial charge in [0.1, 0.15) is 0 Å². The van der Waals surface area contributed by atoms with E-state index in [9.17, 15) is 4.79 Å². The number of thioether (sulfide) groups is 1. The predicted octanol–water partition coefficient (Wildman–Crippen LogP) is 1.52. The Labute approximate surface area is 93.5 Å². The second-order valence-corrected chi connectivity index (χ2v) is 4.17. The summed E-state index contributed by atoms with van der Waals surface area (Å²) in [7, 11) is 1.41. The molecular formula is C10H14N2O2S. The minimum absolute atomic E-state index is 0.0725. The van der Waals surface area contributed by atoms with Crippen molar-refractivity contribution in [1.29, 1.82) is 0 Å². The van der Waals surface area contributed by atoms with Gasteiger partial charge in [0.2, 0.25) is 0 Å². The second kappa shape index (κ2) is 6.40.